The number of benzene rings is 1. The minimum atomic E-state index is -3.38. The average molecular weight is 406 g/mol. The fourth-order valence-corrected chi connectivity index (χ4v) is 5.72. The largest absolute Gasteiger partial charge is 0.380 e. The molecule has 0 unspecified atom stereocenters. The van der Waals surface area contributed by atoms with Gasteiger partial charge in [0.05, 0.1) is 23.9 Å². The van der Waals surface area contributed by atoms with Crippen molar-refractivity contribution >= 4 is 26.8 Å². The lowest BCUT2D eigenvalue weighted by molar-refractivity contribution is -0.131. The molecule has 2 aliphatic heterocycles. The van der Waals surface area contributed by atoms with Crippen LogP contribution in [-0.2, 0) is 26.0 Å². The van der Waals surface area contributed by atoms with E-state index in [1.165, 1.54) is 4.31 Å². The molecule has 1 aromatic carbocycles. The number of carbonyl (C=O) groups excluding carboxylic acids is 1. The Kier molecular flexibility index (Phi) is 4.97. The van der Waals surface area contributed by atoms with Crippen molar-refractivity contribution in [3.8, 4) is 0 Å². The second-order valence-electron chi connectivity index (χ2n) is 8.12. The van der Waals surface area contributed by atoms with Gasteiger partial charge in [-0.05, 0) is 31.9 Å². The summed E-state index contributed by atoms with van der Waals surface area (Å²) in [6.45, 7) is 5.13. The Morgan fingerprint density at radius 2 is 2.18 bits per heavy atom. The maximum atomic E-state index is 13.1. The predicted octanol–water partition coefficient (Wildman–Crippen LogP) is 1.51. The zero-order valence-electron chi connectivity index (χ0n) is 16.3. The molecule has 1 aromatic heterocycles. The van der Waals surface area contributed by atoms with Gasteiger partial charge < -0.3 is 15.0 Å². The number of nitrogens with zero attached hydrogens (tertiary/aromatic N) is 1. The van der Waals surface area contributed by atoms with Crippen molar-refractivity contribution in [3.63, 3.8) is 0 Å². The first-order chi connectivity index (χ1) is 13.3. The standard InChI is InChI=1S/C20H27N3O4S/c1-14(2)28(25,26)23-10-16-11-27-13-20(16,12-23)19(24)21-8-7-15-9-22-18-6-4-3-5-17(15)18/h3-6,9,14,16,22H,7-8,10-13H2,1-2H3,(H,21,24)/t16-,20-/m1/s1. The number of para-hydroxylation sites is 1. The van der Waals surface area contributed by atoms with E-state index in [-0.39, 0.29) is 25.0 Å². The summed E-state index contributed by atoms with van der Waals surface area (Å²) >= 11 is 0. The van der Waals surface area contributed by atoms with Gasteiger partial charge in [0.2, 0.25) is 15.9 Å². The van der Waals surface area contributed by atoms with Gasteiger partial charge in [-0.3, -0.25) is 4.79 Å². The lowest BCUT2D eigenvalue weighted by Gasteiger charge is -2.26. The Bertz CT molecular complexity index is 984. The van der Waals surface area contributed by atoms with Gasteiger partial charge in [0.15, 0.2) is 0 Å². The van der Waals surface area contributed by atoms with E-state index < -0.39 is 20.7 Å². The second-order valence-corrected chi connectivity index (χ2v) is 10.6. The molecule has 3 heterocycles. The number of amides is 1. The van der Waals surface area contributed by atoms with E-state index in [4.69, 9.17) is 4.74 Å². The summed E-state index contributed by atoms with van der Waals surface area (Å²) in [5, 5.41) is 3.70. The van der Waals surface area contributed by atoms with E-state index in [1.54, 1.807) is 13.8 Å². The number of H-pyrrole nitrogens is 1. The number of carbonyl (C=O) groups is 1. The number of ether oxygens (including phenoxy) is 1. The summed E-state index contributed by atoms with van der Waals surface area (Å²) in [6.07, 6.45) is 2.69. The van der Waals surface area contributed by atoms with E-state index in [9.17, 15) is 13.2 Å². The molecule has 7 nitrogen and oxygen atoms in total. The molecule has 0 bridgehead atoms. The molecule has 2 saturated heterocycles. The fourth-order valence-electron chi connectivity index (χ4n) is 4.33. The van der Waals surface area contributed by atoms with Crippen LogP contribution in [0.2, 0.25) is 0 Å². The highest BCUT2D eigenvalue weighted by atomic mass is 32.2. The molecule has 2 atom stereocenters. The number of hydrogen-bond donors (Lipinski definition) is 2. The smallest absolute Gasteiger partial charge is 0.230 e. The molecule has 1 amide bonds. The van der Waals surface area contributed by atoms with Crippen LogP contribution in [0, 0.1) is 11.3 Å². The van der Waals surface area contributed by atoms with Gasteiger partial charge in [-0.2, -0.15) is 0 Å². The van der Waals surface area contributed by atoms with Crippen molar-refractivity contribution in [1.82, 2.24) is 14.6 Å². The molecule has 0 radical (unpaired) electrons. The highest BCUT2D eigenvalue weighted by Crippen LogP contribution is 2.43. The van der Waals surface area contributed by atoms with Gasteiger partial charge in [0, 0.05) is 42.7 Å². The molecular formula is C20H27N3O4S. The Hall–Kier alpha value is -1.90. The van der Waals surface area contributed by atoms with Crippen molar-refractivity contribution < 1.29 is 17.9 Å². The maximum absolute atomic E-state index is 13.1. The van der Waals surface area contributed by atoms with Gasteiger partial charge in [-0.1, -0.05) is 18.2 Å². The first-order valence-corrected chi connectivity index (χ1v) is 11.2. The molecule has 2 fully saturated rings. The summed E-state index contributed by atoms with van der Waals surface area (Å²) in [7, 11) is -3.38. The summed E-state index contributed by atoms with van der Waals surface area (Å²) in [5.74, 6) is -0.189. The highest BCUT2D eigenvalue weighted by molar-refractivity contribution is 7.89. The topological polar surface area (TPSA) is 91.5 Å². The number of fused-ring (bicyclic) bond motifs is 2. The molecule has 2 N–H and O–H groups in total. The predicted molar refractivity (Wildman–Crippen MR) is 107 cm³/mol. The second kappa shape index (κ2) is 7.17. The molecule has 0 spiro atoms. The minimum Gasteiger partial charge on any atom is -0.380 e. The first-order valence-electron chi connectivity index (χ1n) is 9.74. The molecular weight excluding hydrogens is 378 g/mol. The number of sulfonamides is 1. The van der Waals surface area contributed by atoms with Crippen LogP contribution in [-0.4, -0.2) is 61.7 Å². The lowest BCUT2D eigenvalue weighted by atomic mass is 9.80. The molecule has 28 heavy (non-hydrogen) atoms. The minimum absolute atomic E-state index is 0.0888. The van der Waals surface area contributed by atoms with E-state index >= 15 is 0 Å². The monoisotopic (exact) mass is 405 g/mol. The zero-order chi connectivity index (χ0) is 19.9. The Morgan fingerprint density at radius 1 is 1.39 bits per heavy atom. The van der Waals surface area contributed by atoms with E-state index in [2.05, 4.69) is 16.4 Å². The number of hydrogen-bond acceptors (Lipinski definition) is 4. The van der Waals surface area contributed by atoms with Gasteiger partial charge in [0.25, 0.3) is 0 Å². The van der Waals surface area contributed by atoms with Crippen LogP contribution in [0.4, 0.5) is 0 Å². The van der Waals surface area contributed by atoms with E-state index in [1.807, 2.05) is 24.4 Å². The summed E-state index contributed by atoms with van der Waals surface area (Å²) in [5.41, 5.74) is 1.46. The van der Waals surface area contributed by atoms with Crippen LogP contribution < -0.4 is 5.32 Å². The van der Waals surface area contributed by atoms with Gasteiger partial charge in [-0.15, -0.1) is 0 Å². The van der Waals surface area contributed by atoms with Crippen molar-refractivity contribution in [3.05, 3.63) is 36.0 Å². The Balaban J connectivity index is 1.43. The fraction of sp³-hybridized carbons (Fsp3) is 0.550. The first kappa shape index (κ1) is 19.4. The molecule has 8 heteroatoms. The molecule has 0 saturated carbocycles. The van der Waals surface area contributed by atoms with Crippen LogP contribution >= 0.6 is 0 Å². The van der Waals surface area contributed by atoms with Gasteiger partial charge >= 0.3 is 0 Å². The molecule has 2 aliphatic rings. The molecule has 2 aromatic rings. The highest BCUT2D eigenvalue weighted by Gasteiger charge is 2.58. The van der Waals surface area contributed by atoms with E-state index in [0.29, 0.717) is 26.1 Å². The molecule has 152 valence electrons. The van der Waals surface area contributed by atoms with Crippen LogP contribution in [0.25, 0.3) is 10.9 Å². The van der Waals surface area contributed by atoms with Crippen LogP contribution in [0.3, 0.4) is 0 Å². The van der Waals surface area contributed by atoms with Crippen molar-refractivity contribution in [2.45, 2.75) is 25.5 Å². The third kappa shape index (κ3) is 3.13. The summed E-state index contributed by atoms with van der Waals surface area (Å²) in [6, 6.07) is 8.08. The Labute approximate surface area is 165 Å². The summed E-state index contributed by atoms with van der Waals surface area (Å²) < 4.78 is 32.2. The van der Waals surface area contributed by atoms with Crippen molar-refractivity contribution in [2.75, 3.05) is 32.8 Å². The van der Waals surface area contributed by atoms with Crippen LogP contribution in [0.1, 0.15) is 19.4 Å². The summed E-state index contributed by atoms with van der Waals surface area (Å²) in [4.78, 5) is 16.3. The van der Waals surface area contributed by atoms with Crippen molar-refractivity contribution in [1.29, 1.82) is 0 Å². The average Bonchev–Trinajstić information content (AvgIpc) is 3.34. The van der Waals surface area contributed by atoms with Gasteiger partial charge in [-0.25, -0.2) is 12.7 Å². The maximum Gasteiger partial charge on any atom is 0.230 e. The van der Waals surface area contributed by atoms with Crippen LogP contribution in [0.15, 0.2) is 30.5 Å². The van der Waals surface area contributed by atoms with Crippen molar-refractivity contribution in [2.24, 2.45) is 11.3 Å². The Morgan fingerprint density at radius 3 is 2.96 bits per heavy atom. The van der Waals surface area contributed by atoms with E-state index in [0.717, 1.165) is 16.5 Å². The third-order valence-corrected chi connectivity index (χ3v) is 8.29. The number of rotatable bonds is 6. The van der Waals surface area contributed by atoms with Crippen LogP contribution in [0.5, 0.6) is 0 Å². The third-order valence-electron chi connectivity index (χ3n) is 6.11. The van der Waals surface area contributed by atoms with Gasteiger partial charge in [0.1, 0.15) is 0 Å². The number of nitrogens with one attached hydrogen (secondary N) is 2. The number of aromatic nitrogens is 1. The number of aromatic amines is 1. The lowest BCUT2D eigenvalue weighted by Crippen LogP contribution is -2.48. The normalized spacial score (nSPS) is 25.5. The molecule has 0 aliphatic carbocycles. The molecule has 4 rings (SSSR count). The zero-order valence-corrected chi connectivity index (χ0v) is 17.1. The quantitative estimate of drug-likeness (QED) is 0.762. The SMILES string of the molecule is CC(C)S(=O)(=O)N1C[C@@H]2COC[C@]2(C(=O)NCCc2c[nH]c3ccccc23)C1.